The quantitative estimate of drug-likeness (QED) is 0.686. The number of aliphatic hydroxyl groups is 2. The van der Waals surface area contributed by atoms with Crippen molar-refractivity contribution in [2.75, 3.05) is 6.61 Å². The van der Waals surface area contributed by atoms with Crippen LogP contribution in [0.1, 0.15) is 24.0 Å². The second-order valence-corrected chi connectivity index (χ2v) is 5.75. The summed E-state index contributed by atoms with van der Waals surface area (Å²) < 4.78 is 1.92. The van der Waals surface area contributed by atoms with Crippen LogP contribution in [0.2, 0.25) is 0 Å². The lowest BCUT2D eigenvalue weighted by Crippen LogP contribution is -1.97. The molecule has 120 valence electrons. The van der Waals surface area contributed by atoms with Crippen LogP contribution >= 0.6 is 0 Å². The van der Waals surface area contributed by atoms with E-state index in [-0.39, 0.29) is 13.2 Å². The first-order valence-corrected chi connectivity index (χ1v) is 7.84. The molecular formula is C18H21N3O2. The van der Waals surface area contributed by atoms with Crippen molar-refractivity contribution in [2.45, 2.75) is 25.9 Å². The molecule has 5 nitrogen and oxygen atoms in total. The summed E-state index contributed by atoms with van der Waals surface area (Å²) in [5.41, 5.74) is 4.69. The predicted molar refractivity (Wildman–Crippen MR) is 89.9 cm³/mol. The van der Waals surface area contributed by atoms with Gasteiger partial charge in [-0.3, -0.25) is 0 Å². The summed E-state index contributed by atoms with van der Waals surface area (Å²) in [5, 5.41) is 19.6. The molecule has 2 heterocycles. The maximum Gasteiger partial charge on any atom is 0.0948 e. The molecule has 0 unspecified atom stereocenters. The number of unbranched alkanes of at least 4 members (excludes halogenated alkanes) is 1. The van der Waals surface area contributed by atoms with E-state index in [2.05, 4.69) is 17.1 Å². The number of aliphatic hydroxyl groups excluding tert-OH is 2. The number of aromatic nitrogens is 3. The van der Waals surface area contributed by atoms with Gasteiger partial charge in [-0.1, -0.05) is 6.07 Å². The third-order valence-electron chi connectivity index (χ3n) is 4.08. The lowest BCUT2D eigenvalue weighted by atomic mass is 10.0. The first-order valence-electron chi connectivity index (χ1n) is 7.84. The van der Waals surface area contributed by atoms with Crippen molar-refractivity contribution < 1.29 is 10.2 Å². The van der Waals surface area contributed by atoms with Gasteiger partial charge in [0.25, 0.3) is 0 Å². The number of fused-ring (bicyclic) bond motifs is 1. The van der Waals surface area contributed by atoms with Crippen molar-refractivity contribution in [3.8, 4) is 11.4 Å². The molecule has 0 amide bonds. The first-order chi connectivity index (χ1) is 11.2. The molecule has 2 aromatic heterocycles. The molecule has 23 heavy (non-hydrogen) atoms. The summed E-state index contributed by atoms with van der Waals surface area (Å²) in [6.45, 7) is 0.203. The highest BCUT2D eigenvalue weighted by Crippen LogP contribution is 2.26. The third kappa shape index (κ3) is 3.25. The van der Waals surface area contributed by atoms with Crippen molar-refractivity contribution in [1.82, 2.24) is 14.5 Å². The van der Waals surface area contributed by atoms with E-state index < -0.39 is 0 Å². The van der Waals surface area contributed by atoms with Gasteiger partial charge < -0.3 is 14.8 Å². The summed E-state index contributed by atoms with van der Waals surface area (Å²) in [6, 6.07) is 8.10. The molecule has 0 radical (unpaired) electrons. The number of benzene rings is 1. The number of imidazole rings is 1. The maximum atomic E-state index is 9.75. The molecule has 0 saturated heterocycles. The van der Waals surface area contributed by atoms with Crippen molar-refractivity contribution in [3.63, 3.8) is 0 Å². The third-order valence-corrected chi connectivity index (χ3v) is 4.08. The second-order valence-electron chi connectivity index (χ2n) is 5.75. The molecule has 3 aromatic rings. The Morgan fingerprint density at radius 1 is 1.13 bits per heavy atom. The molecule has 3 rings (SSSR count). The van der Waals surface area contributed by atoms with Crippen molar-refractivity contribution in [3.05, 3.63) is 47.9 Å². The highest BCUT2D eigenvalue weighted by Gasteiger charge is 2.10. The van der Waals surface area contributed by atoms with E-state index in [0.29, 0.717) is 0 Å². The van der Waals surface area contributed by atoms with Gasteiger partial charge in [0.15, 0.2) is 0 Å². The molecule has 0 saturated carbocycles. The Morgan fingerprint density at radius 3 is 2.70 bits per heavy atom. The standard InChI is InChI=1S/C18H21N3O2/c1-21-12-19-10-18(21)17-9-14(11-23)15-8-13(4-2-3-7-22)5-6-16(15)20-17/h5-6,8-10,12,22-23H,2-4,7,11H2,1H3. The largest absolute Gasteiger partial charge is 0.396 e. The average Bonchev–Trinajstić information content (AvgIpc) is 3.00. The number of aryl methyl sites for hydroxylation is 2. The molecule has 2 N–H and O–H groups in total. The molecule has 0 atom stereocenters. The molecule has 5 heteroatoms. The van der Waals surface area contributed by atoms with E-state index in [0.717, 1.165) is 47.1 Å². The van der Waals surface area contributed by atoms with Crippen LogP contribution in [0.25, 0.3) is 22.3 Å². The van der Waals surface area contributed by atoms with E-state index in [1.54, 1.807) is 12.5 Å². The first kappa shape index (κ1) is 15.6. The van der Waals surface area contributed by atoms with E-state index in [1.165, 1.54) is 5.56 Å². The Hall–Kier alpha value is -2.24. The van der Waals surface area contributed by atoms with E-state index >= 15 is 0 Å². The molecule has 0 aliphatic heterocycles. The molecule has 0 spiro atoms. The Bertz CT molecular complexity index is 811. The summed E-state index contributed by atoms with van der Waals surface area (Å²) in [4.78, 5) is 8.84. The van der Waals surface area contributed by atoms with Crippen LogP contribution in [0.3, 0.4) is 0 Å². The van der Waals surface area contributed by atoms with Gasteiger partial charge in [-0.05, 0) is 48.6 Å². The molecule has 0 aliphatic carbocycles. The summed E-state index contributed by atoms with van der Waals surface area (Å²) in [7, 11) is 1.93. The van der Waals surface area contributed by atoms with Crippen molar-refractivity contribution in [2.24, 2.45) is 7.05 Å². The van der Waals surface area contributed by atoms with Crippen LogP contribution in [-0.4, -0.2) is 31.4 Å². The van der Waals surface area contributed by atoms with Crippen LogP contribution in [0.4, 0.5) is 0 Å². The maximum absolute atomic E-state index is 9.75. The smallest absolute Gasteiger partial charge is 0.0948 e. The van der Waals surface area contributed by atoms with Crippen LogP contribution in [0.5, 0.6) is 0 Å². The number of hydrogen-bond acceptors (Lipinski definition) is 4. The number of rotatable bonds is 6. The Labute approximate surface area is 135 Å². The zero-order chi connectivity index (χ0) is 16.2. The van der Waals surface area contributed by atoms with E-state index in [9.17, 15) is 5.11 Å². The fourth-order valence-electron chi connectivity index (χ4n) is 2.81. The highest BCUT2D eigenvalue weighted by molar-refractivity contribution is 5.85. The van der Waals surface area contributed by atoms with Gasteiger partial charge >= 0.3 is 0 Å². The van der Waals surface area contributed by atoms with E-state index in [4.69, 9.17) is 10.1 Å². The normalized spacial score (nSPS) is 11.3. The van der Waals surface area contributed by atoms with Gasteiger partial charge in [0, 0.05) is 19.0 Å². The molecule has 0 fully saturated rings. The summed E-state index contributed by atoms with van der Waals surface area (Å²) >= 11 is 0. The molecule has 1 aromatic carbocycles. The van der Waals surface area contributed by atoms with Crippen molar-refractivity contribution in [1.29, 1.82) is 0 Å². The van der Waals surface area contributed by atoms with Gasteiger partial charge in [0.2, 0.25) is 0 Å². The van der Waals surface area contributed by atoms with Gasteiger partial charge in [0.05, 0.1) is 36.0 Å². The van der Waals surface area contributed by atoms with Crippen LogP contribution in [0.15, 0.2) is 36.8 Å². The zero-order valence-electron chi connectivity index (χ0n) is 13.2. The van der Waals surface area contributed by atoms with E-state index in [1.807, 2.05) is 23.7 Å². The Balaban J connectivity index is 2.02. The fourth-order valence-corrected chi connectivity index (χ4v) is 2.81. The summed E-state index contributed by atoms with van der Waals surface area (Å²) in [6.07, 6.45) is 6.20. The second kappa shape index (κ2) is 6.89. The van der Waals surface area contributed by atoms with Crippen LogP contribution < -0.4 is 0 Å². The topological polar surface area (TPSA) is 71.2 Å². The van der Waals surface area contributed by atoms with Gasteiger partial charge in [-0.25, -0.2) is 9.97 Å². The minimum atomic E-state index is -0.0238. The monoisotopic (exact) mass is 311 g/mol. The minimum Gasteiger partial charge on any atom is -0.396 e. The van der Waals surface area contributed by atoms with Crippen LogP contribution in [-0.2, 0) is 20.1 Å². The number of pyridine rings is 1. The zero-order valence-corrected chi connectivity index (χ0v) is 13.2. The SMILES string of the molecule is Cn1cncc1-c1cc(CO)c2cc(CCCCO)ccc2n1. The fraction of sp³-hybridized carbons (Fsp3) is 0.333. The summed E-state index contributed by atoms with van der Waals surface area (Å²) in [5.74, 6) is 0. The average molecular weight is 311 g/mol. The van der Waals surface area contributed by atoms with Gasteiger partial charge in [0.1, 0.15) is 0 Å². The van der Waals surface area contributed by atoms with Gasteiger partial charge in [-0.15, -0.1) is 0 Å². The molecular weight excluding hydrogens is 290 g/mol. The minimum absolute atomic E-state index is 0.0238. The Kier molecular flexibility index (Phi) is 4.69. The molecule has 0 aliphatic rings. The Morgan fingerprint density at radius 2 is 2.00 bits per heavy atom. The number of hydrogen-bond donors (Lipinski definition) is 2. The van der Waals surface area contributed by atoms with Crippen molar-refractivity contribution >= 4 is 10.9 Å². The lowest BCUT2D eigenvalue weighted by molar-refractivity contribution is 0.283. The molecule has 0 bridgehead atoms. The lowest BCUT2D eigenvalue weighted by Gasteiger charge is -2.10. The van der Waals surface area contributed by atoms with Gasteiger partial charge in [-0.2, -0.15) is 0 Å². The number of nitrogens with zero attached hydrogens (tertiary/aromatic N) is 3. The van der Waals surface area contributed by atoms with Crippen LogP contribution in [0, 0.1) is 0 Å². The highest BCUT2D eigenvalue weighted by atomic mass is 16.3. The predicted octanol–water partition coefficient (Wildman–Crippen LogP) is 2.44.